The van der Waals surface area contributed by atoms with Gasteiger partial charge in [0, 0.05) is 81.4 Å². The van der Waals surface area contributed by atoms with Gasteiger partial charge < -0.3 is 19.5 Å². The molecule has 1 aliphatic heterocycles. The van der Waals surface area contributed by atoms with E-state index in [0.29, 0.717) is 26.0 Å². The Labute approximate surface area is 659 Å². The van der Waals surface area contributed by atoms with Gasteiger partial charge in [-0.15, -0.1) is 0 Å². The van der Waals surface area contributed by atoms with E-state index in [9.17, 15) is 21.4 Å². The van der Waals surface area contributed by atoms with Gasteiger partial charge in [-0.3, -0.25) is 9.17 Å². The highest BCUT2D eigenvalue weighted by Gasteiger charge is 2.21. The summed E-state index contributed by atoms with van der Waals surface area (Å²) in [5.41, 5.74) is 21.5. The first-order chi connectivity index (χ1) is 53.8. The molecule has 110 heavy (non-hydrogen) atoms. The van der Waals surface area contributed by atoms with Gasteiger partial charge in [0.25, 0.3) is 10.1 Å². The van der Waals surface area contributed by atoms with Crippen molar-refractivity contribution in [3.8, 4) is 0 Å². The number of aliphatic hydroxyl groups is 1. The Hall–Kier alpha value is -9.60. The minimum Gasteiger partial charge on any atom is -0.748 e. The molecule has 13 heteroatoms. The summed E-state index contributed by atoms with van der Waals surface area (Å²) in [6.45, 7) is 14.5. The Bertz CT molecular complexity index is 4540. The van der Waals surface area contributed by atoms with E-state index < -0.39 is 20.2 Å². The average molecular weight is 1510 g/mol. The molecular formula is C97H116N4O7S2. The molecule has 0 atom stereocenters. The van der Waals surface area contributed by atoms with Crippen molar-refractivity contribution in [2.75, 3.05) is 61.2 Å². The Balaban J connectivity index is 0.000000250. The van der Waals surface area contributed by atoms with Crippen molar-refractivity contribution in [1.82, 2.24) is 4.98 Å². The standard InChI is InChI=1S/C48H56N2O3S.C45H50N2.C3H6O3S.CH4O/c1-3-5-7-15-35-50(36-16-8-6-4-2)46-30-28-45(29-31-46)48(43-20-13-10-14-21-43)47(42-18-11-9-12-19-42)44-26-24-40(25-27-44)22-23-41-32-37-49(38-33-41)34-17-39-54(51,52)53;1-3-5-7-15-35-47(36-16-8-6-4-2)43-29-27-42(28-30-43)45(40-19-13-10-14-20-40)44(39-17-11-9-12-18-39)41-25-23-37(24-26-41)21-22-38-31-33-46-34-32-38;4-7(5)3-1-2-6-7;1-2/h9-14,18-33,37-38H,3-8,15-17,34-36,39H2,1-2H3;9-14,17-34H,3-8,15-16,35-36H2,1-2H3;1-3H2;2H,1H3/b;22-21+,45-44+;;. The number of aromatic nitrogens is 2. The molecule has 10 aromatic rings. The molecule has 1 saturated heterocycles. The van der Waals surface area contributed by atoms with Gasteiger partial charge in [0.2, 0.25) is 0 Å². The summed E-state index contributed by atoms with van der Waals surface area (Å²) in [4.78, 5) is 9.36. The molecule has 2 aromatic heterocycles. The first-order valence-corrected chi connectivity index (χ1v) is 43.1. The number of nitrogens with zero attached hydrogens (tertiary/aromatic N) is 4. The van der Waals surface area contributed by atoms with E-state index in [-0.39, 0.29) is 11.5 Å². The monoisotopic (exact) mass is 1510 g/mol. The van der Waals surface area contributed by atoms with Gasteiger partial charge in [0.1, 0.15) is 6.54 Å². The third kappa shape index (κ3) is 29.3. The molecule has 0 bridgehead atoms. The SMILES string of the molecule is CCCCCCN(CCCCCC)c1ccc(/C(=C(\c2ccccc2)c2ccc(/C=C/c3cc[n+](CCCS(=O)(=O)[O-])cc3)cc2)c2ccccc2)cc1.CCCCCCN(CCCCCC)c1ccc(/C(=C(\c2ccccc2)c2ccc(/C=C/c3ccncc3)cc2)c2ccccc2)cc1.CO.O=S1(=O)CCCO1. The minimum absolute atomic E-state index is 0.201. The van der Waals surface area contributed by atoms with E-state index in [0.717, 1.165) is 55.5 Å². The lowest BCUT2D eigenvalue weighted by molar-refractivity contribution is -0.696. The molecule has 8 aromatic carbocycles. The van der Waals surface area contributed by atoms with Crippen molar-refractivity contribution in [3.05, 3.63) is 334 Å². The van der Waals surface area contributed by atoms with Crippen LogP contribution in [0, 0.1) is 0 Å². The number of benzene rings is 8. The summed E-state index contributed by atoms with van der Waals surface area (Å²) in [6.07, 6.45) is 37.3. The summed E-state index contributed by atoms with van der Waals surface area (Å²) in [5.74, 6) is -0.151. The van der Waals surface area contributed by atoms with Crippen LogP contribution >= 0.6 is 0 Å². The maximum Gasteiger partial charge on any atom is 0.267 e. The normalized spacial score (nSPS) is 12.9. The van der Waals surface area contributed by atoms with Crippen molar-refractivity contribution in [3.63, 3.8) is 0 Å². The van der Waals surface area contributed by atoms with Crippen LogP contribution in [0.5, 0.6) is 0 Å². The molecule has 1 fully saturated rings. The maximum atomic E-state index is 10.9. The highest BCUT2D eigenvalue weighted by atomic mass is 32.2. The number of rotatable bonds is 38. The molecule has 1 N–H and O–H groups in total. The summed E-state index contributed by atoms with van der Waals surface area (Å²) >= 11 is 0. The van der Waals surface area contributed by atoms with E-state index in [1.54, 1.807) is 0 Å². The second-order valence-electron chi connectivity index (χ2n) is 27.9. The molecule has 0 spiro atoms. The van der Waals surface area contributed by atoms with Crippen molar-refractivity contribution >= 4 is 78.2 Å². The number of aryl methyl sites for hydroxylation is 1. The third-order valence-electron chi connectivity index (χ3n) is 19.5. The summed E-state index contributed by atoms with van der Waals surface area (Å²) < 4.78 is 59.4. The largest absolute Gasteiger partial charge is 0.748 e. The van der Waals surface area contributed by atoms with E-state index in [4.69, 9.17) is 5.11 Å². The van der Waals surface area contributed by atoms with Crippen LogP contribution in [0.1, 0.15) is 210 Å². The Kier molecular flexibility index (Phi) is 37.6. The van der Waals surface area contributed by atoms with Gasteiger partial charge in [-0.1, -0.05) is 323 Å². The van der Waals surface area contributed by atoms with Crippen LogP contribution in [0.3, 0.4) is 0 Å². The second-order valence-corrected chi connectivity index (χ2v) is 31.2. The number of unbranched alkanes of at least 4 members (excludes halogenated alkanes) is 12. The van der Waals surface area contributed by atoms with Gasteiger partial charge in [-0.2, -0.15) is 8.42 Å². The molecule has 0 amide bonds. The Morgan fingerprint density at radius 1 is 0.400 bits per heavy atom. The van der Waals surface area contributed by atoms with Crippen molar-refractivity contribution in [2.24, 2.45) is 0 Å². The lowest BCUT2D eigenvalue weighted by atomic mass is 9.85. The van der Waals surface area contributed by atoms with Gasteiger partial charge in [0.05, 0.1) is 22.5 Å². The van der Waals surface area contributed by atoms with E-state index in [1.807, 2.05) is 53.6 Å². The highest BCUT2D eigenvalue weighted by molar-refractivity contribution is 7.86. The summed E-state index contributed by atoms with van der Waals surface area (Å²) in [7, 11) is -6.24. The van der Waals surface area contributed by atoms with Gasteiger partial charge in [-0.25, -0.2) is 13.0 Å². The fraction of sp³-hybridized carbons (Fsp3) is 0.320. The quantitative estimate of drug-likeness (QED) is 0.0131. The number of hydrogen-bond donors (Lipinski definition) is 1. The van der Waals surface area contributed by atoms with Crippen LogP contribution in [0.15, 0.2) is 267 Å². The van der Waals surface area contributed by atoms with Crippen molar-refractivity contribution < 1.29 is 35.2 Å². The summed E-state index contributed by atoms with van der Waals surface area (Å²) in [5, 5.41) is 7.00. The number of hydrogen-bond acceptors (Lipinski definition) is 10. The average Bonchev–Trinajstić information content (AvgIpc) is 0.809. The predicted molar refractivity (Wildman–Crippen MR) is 463 cm³/mol. The molecule has 1 aliphatic rings. The van der Waals surface area contributed by atoms with Crippen LogP contribution in [0.25, 0.3) is 46.6 Å². The number of anilines is 2. The zero-order chi connectivity index (χ0) is 77.9. The highest BCUT2D eigenvalue weighted by Crippen LogP contribution is 2.40. The van der Waals surface area contributed by atoms with Gasteiger partial charge in [-0.05, 0) is 158 Å². The third-order valence-corrected chi connectivity index (χ3v) is 21.6. The summed E-state index contributed by atoms with van der Waals surface area (Å²) in [6, 6.07) is 87.6. The zero-order valence-corrected chi connectivity index (χ0v) is 67.2. The number of pyridine rings is 2. The van der Waals surface area contributed by atoms with Crippen molar-refractivity contribution in [1.29, 1.82) is 0 Å². The topological polar surface area (TPSA) is 144 Å². The molecule has 578 valence electrons. The number of aliphatic hydroxyl groups excluding tert-OH is 1. The van der Waals surface area contributed by atoms with Gasteiger partial charge >= 0.3 is 0 Å². The molecule has 11 rings (SSSR count). The fourth-order valence-corrected chi connectivity index (χ4v) is 15.0. The minimum atomic E-state index is -4.19. The lowest BCUT2D eigenvalue weighted by Gasteiger charge is -2.26. The van der Waals surface area contributed by atoms with Crippen LogP contribution in [0.2, 0.25) is 0 Å². The first kappa shape index (κ1) is 86.0. The lowest BCUT2D eigenvalue weighted by Crippen LogP contribution is -2.33. The maximum absolute atomic E-state index is 10.9. The predicted octanol–water partition coefficient (Wildman–Crippen LogP) is 22.6. The molecular weight excluding hydrogens is 1400 g/mol. The Morgan fingerprint density at radius 2 is 0.691 bits per heavy atom. The Morgan fingerprint density at radius 3 is 0.964 bits per heavy atom. The second kappa shape index (κ2) is 48.1. The van der Waals surface area contributed by atoms with Crippen LogP contribution < -0.4 is 14.4 Å². The van der Waals surface area contributed by atoms with E-state index >= 15 is 0 Å². The molecule has 0 unspecified atom stereocenters. The smallest absolute Gasteiger partial charge is 0.267 e. The zero-order valence-electron chi connectivity index (χ0n) is 65.6. The van der Waals surface area contributed by atoms with Crippen LogP contribution in [-0.4, -0.2) is 82.9 Å². The van der Waals surface area contributed by atoms with Crippen LogP contribution in [0.4, 0.5) is 11.4 Å². The van der Waals surface area contributed by atoms with Gasteiger partial charge in [0.15, 0.2) is 12.4 Å². The molecule has 0 radical (unpaired) electrons. The molecule has 3 heterocycles. The molecule has 11 nitrogen and oxygen atoms in total. The molecule has 0 aliphatic carbocycles. The van der Waals surface area contributed by atoms with Crippen molar-refractivity contribution in [2.45, 2.75) is 150 Å². The van der Waals surface area contributed by atoms with E-state index in [2.05, 4.69) is 289 Å². The van der Waals surface area contributed by atoms with Crippen LogP contribution in [-0.2, 0) is 31.0 Å². The first-order valence-electron chi connectivity index (χ1n) is 39.9. The fourth-order valence-electron chi connectivity index (χ4n) is 13.6. The van der Waals surface area contributed by atoms with E-state index in [1.165, 1.54) is 181 Å². The molecule has 0 saturated carbocycles.